The molecule has 1 saturated carbocycles. The van der Waals surface area contributed by atoms with E-state index in [4.69, 9.17) is 4.74 Å². The van der Waals surface area contributed by atoms with E-state index in [9.17, 15) is 0 Å². The molecule has 0 aromatic carbocycles. The van der Waals surface area contributed by atoms with E-state index in [1.165, 1.54) is 42.5 Å². The fourth-order valence-corrected chi connectivity index (χ4v) is 4.05. The minimum absolute atomic E-state index is 0.323. The molecule has 1 aliphatic carbocycles. The topological polar surface area (TPSA) is 21.3 Å². The van der Waals surface area contributed by atoms with Gasteiger partial charge < -0.3 is 10.1 Å². The van der Waals surface area contributed by atoms with E-state index in [-0.39, 0.29) is 0 Å². The molecule has 0 bridgehead atoms. The molecule has 2 nitrogen and oxygen atoms in total. The molecule has 0 spiro atoms. The first kappa shape index (κ1) is 15.0. The number of rotatable bonds is 6. The lowest BCUT2D eigenvalue weighted by Gasteiger charge is -2.35. The van der Waals surface area contributed by atoms with Crippen molar-refractivity contribution in [3.63, 3.8) is 0 Å². The number of thiophene rings is 1. The van der Waals surface area contributed by atoms with Crippen molar-refractivity contribution < 1.29 is 4.74 Å². The maximum absolute atomic E-state index is 6.14. The molecule has 1 aromatic heterocycles. The second-order valence-corrected chi connectivity index (χ2v) is 6.69. The zero-order chi connectivity index (χ0) is 13.7. The average molecular weight is 281 g/mol. The van der Waals surface area contributed by atoms with Crippen LogP contribution in [0.1, 0.15) is 55.5 Å². The molecule has 2 unspecified atom stereocenters. The van der Waals surface area contributed by atoms with Gasteiger partial charge in [-0.05, 0) is 56.7 Å². The van der Waals surface area contributed by atoms with E-state index in [1.807, 2.05) is 11.3 Å². The Morgan fingerprint density at radius 3 is 2.63 bits per heavy atom. The normalized spacial score (nSPS) is 20.4. The Bertz CT molecular complexity index is 371. The maximum atomic E-state index is 6.14. The highest BCUT2D eigenvalue weighted by Crippen LogP contribution is 2.35. The summed E-state index contributed by atoms with van der Waals surface area (Å²) in [5.41, 5.74) is 1.40. The van der Waals surface area contributed by atoms with Gasteiger partial charge in [0.25, 0.3) is 0 Å². The van der Waals surface area contributed by atoms with Crippen LogP contribution in [0.3, 0.4) is 0 Å². The molecular weight excluding hydrogens is 254 g/mol. The highest BCUT2D eigenvalue weighted by molar-refractivity contribution is 7.10. The summed E-state index contributed by atoms with van der Waals surface area (Å²) < 4.78 is 6.14. The molecule has 0 saturated heterocycles. The van der Waals surface area contributed by atoms with Crippen LogP contribution in [0, 0.1) is 12.8 Å². The summed E-state index contributed by atoms with van der Waals surface area (Å²) in [4.78, 5) is 1.38. The molecule has 2 rings (SSSR count). The lowest BCUT2D eigenvalue weighted by molar-refractivity contribution is -0.0166. The highest BCUT2D eigenvalue weighted by Gasteiger charge is 2.31. The first-order valence-electron chi connectivity index (χ1n) is 7.60. The van der Waals surface area contributed by atoms with E-state index in [0.29, 0.717) is 18.1 Å². The maximum Gasteiger partial charge on any atom is 0.0797 e. The Morgan fingerprint density at radius 2 is 2.11 bits per heavy atom. The van der Waals surface area contributed by atoms with Crippen LogP contribution in [-0.4, -0.2) is 19.8 Å². The number of hydrogen-bond acceptors (Lipinski definition) is 3. The Morgan fingerprint density at radius 1 is 1.37 bits per heavy atom. The molecule has 0 amide bonds. The van der Waals surface area contributed by atoms with Crippen LogP contribution in [0.15, 0.2) is 11.4 Å². The fourth-order valence-electron chi connectivity index (χ4n) is 3.31. The van der Waals surface area contributed by atoms with Gasteiger partial charge in [-0.15, -0.1) is 11.3 Å². The second kappa shape index (κ2) is 7.41. The minimum Gasteiger partial charge on any atom is -0.376 e. The summed E-state index contributed by atoms with van der Waals surface area (Å²) in [6.07, 6.45) is 7.11. The molecule has 3 heteroatoms. The zero-order valence-electron chi connectivity index (χ0n) is 12.4. The van der Waals surface area contributed by atoms with Crippen molar-refractivity contribution >= 4 is 11.3 Å². The number of likely N-dealkylation sites (N-methyl/N-ethyl adjacent to an activating group) is 1. The van der Waals surface area contributed by atoms with E-state index >= 15 is 0 Å². The lowest BCUT2D eigenvalue weighted by atomic mass is 9.81. The number of aryl methyl sites for hydroxylation is 1. The molecule has 2 atom stereocenters. The van der Waals surface area contributed by atoms with E-state index < -0.39 is 0 Å². The summed E-state index contributed by atoms with van der Waals surface area (Å²) in [5.74, 6) is 0.714. The largest absolute Gasteiger partial charge is 0.376 e. The van der Waals surface area contributed by atoms with Crippen molar-refractivity contribution in [3.05, 3.63) is 21.9 Å². The molecule has 1 N–H and O–H groups in total. The van der Waals surface area contributed by atoms with E-state index in [1.54, 1.807) is 0 Å². The predicted molar refractivity (Wildman–Crippen MR) is 82.8 cm³/mol. The third-order valence-corrected chi connectivity index (χ3v) is 5.10. The Labute approximate surface area is 121 Å². The van der Waals surface area contributed by atoms with Gasteiger partial charge in [0.15, 0.2) is 0 Å². The van der Waals surface area contributed by atoms with Gasteiger partial charge in [-0.1, -0.05) is 19.3 Å². The van der Waals surface area contributed by atoms with Crippen LogP contribution in [0.4, 0.5) is 0 Å². The summed E-state index contributed by atoms with van der Waals surface area (Å²) in [6, 6.07) is 2.65. The van der Waals surface area contributed by atoms with Gasteiger partial charge in [0.1, 0.15) is 0 Å². The van der Waals surface area contributed by atoms with Gasteiger partial charge in [0.2, 0.25) is 0 Å². The van der Waals surface area contributed by atoms with E-state index in [2.05, 4.69) is 37.7 Å². The fraction of sp³-hybridized carbons (Fsp3) is 0.750. The standard InChI is InChI=1S/C16H27NOS/c1-4-18-16(13-8-6-5-7-9-13)15(17-3)14-10-12(2)19-11-14/h10-11,13,15-17H,4-9H2,1-3H3. The van der Waals surface area contributed by atoms with Crippen LogP contribution >= 0.6 is 11.3 Å². The van der Waals surface area contributed by atoms with Gasteiger partial charge in [0, 0.05) is 11.5 Å². The van der Waals surface area contributed by atoms with Crippen molar-refractivity contribution in [2.75, 3.05) is 13.7 Å². The first-order valence-corrected chi connectivity index (χ1v) is 8.48. The average Bonchev–Trinajstić information content (AvgIpc) is 2.86. The Hall–Kier alpha value is -0.380. The smallest absolute Gasteiger partial charge is 0.0797 e. The van der Waals surface area contributed by atoms with Crippen LogP contribution < -0.4 is 5.32 Å². The SMILES string of the molecule is CCOC(C1CCCCC1)C(NC)c1csc(C)c1. The van der Waals surface area contributed by atoms with Crippen LogP contribution in [0.25, 0.3) is 0 Å². The van der Waals surface area contributed by atoms with Crippen molar-refractivity contribution in [1.29, 1.82) is 0 Å². The van der Waals surface area contributed by atoms with Crippen LogP contribution in [-0.2, 0) is 4.74 Å². The first-order chi connectivity index (χ1) is 9.26. The third kappa shape index (κ3) is 3.80. The van der Waals surface area contributed by atoms with Crippen molar-refractivity contribution in [2.24, 2.45) is 5.92 Å². The minimum atomic E-state index is 0.323. The predicted octanol–water partition coefficient (Wildman–Crippen LogP) is 4.30. The molecule has 0 radical (unpaired) electrons. The van der Waals surface area contributed by atoms with Crippen molar-refractivity contribution in [3.8, 4) is 0 Å². The van der Waals surface area contributed by atoms with E-state index in [0.717, 1.165) is 6.61 Å². The van der Waals surface area contributed by atoms with Crippen molar-refractivity contribution in [2.45, 2.75) is 58.1 Å². The molecule has 1 fully saturated rings. The molecule has 19 heavy (non-hydrogen) atoms. The molecular formula is C16H27NOS. The Balaban J connectivity index is 2.14. The highest BCUT2D eigenvalue weighted by atomic mass is 32.1. The quantitative estimate of drug-likeness (QED) is 0.839. The zero-order valence-corrected chi connectivity index (χ0v) is 13.3. The number of nitrogens with one attached hydrogen (secondary N) is 1. The molecule has 0 aliphatic heterocycles. The molecule has 1 heterocycles. The van der Waals surface area contributed by atoms with Crippen molar-refractivity contribution in [1.82, 2.24) is 5.32 Å². The third-order valence-electron chi connectivity index (χ3n) is 4.22. The molecule has 108 valence electrons. The molecule has 1 aliphatic rings. The number of hydrogen-bond donors (Lipinski definition) is 1. The van der Waals surface area contributed by atoms with Gasteiger partial charge in [-0.25, -0.2) is 0 Å². The summed E-state index contributed by atoms with van der Waals surface area (Å²) >= 11 is 1.83. The summed E-state index contributed by atoms with van der Waals surface area (Å²) in [7, 11) is 2.06. The van der Waals surface area contributed by atoms with Gasteiger partial charge >= 0.3 is 0 Å². The molecule has 1 aromatic rings. The van der Waals surface area contributed by atoms with Crippen LogP contribution in [0.2, 0.25) is 0 Å². The monoisotopic (exact) mass is 281 g/mol. The Kier molecular flexibility index (Phi) is 5.86. The second-order valence-electron chi connectivity index (χ2n) is 5.58. The lowest BCUT2D eigenvalue weighted by Crippen LogP contribution is -2.38. The number of ether oxygens (including phenoxy) is 1. The van der Waals surface area contributed by atoms with Gasteiger partial charge in [0.05, 0.1) is 12.1 Å². The van der Waals surface area contributed by atoms with Gasteiger partial charge in [-0.3, -0.25) is 0 Å². The summed E-state index contributed by atoms with van der Waals surface area (Å²) in [6.45, 7) is 5.10. The van der Waals surface area contributed by atoms with Gasteiger partial charge in [-0.2, -0.15) is 0 Å². The van der Waals surface area contributed by atoms with Crippen LogP contribution in [0.5, 0.6) is 0 Å². The summed E-state index contributed by atoms with van der Waals surface area (Å²) in [5, 5.41) is 5.78.